The van der Waals surface area contributed by atoms with E-state index in [9.17, 15) is 0 Å². The fourth-order valence-electron chi connectivity index (χ4n) is 1.19. The second-order valence-corrected chi connectivity index (χ2v) is 3.37. The molecule has 0 N–H and O–H groups in total. The molecule has 0 nitrogen and oxygen atoms in total. The van der Waals surface area contributed by atoms with Gasteiger partial charge in [-0.15, -0.1) is 0 Å². The number of allylic oxidation sites excluding steroid dienone is 8. The van der Waals surface area contributed by atoms with Crippen LogP contribution in [-0.4, -0.2) is 0 Å². The van der Waals surface area contributed by atoms with Crippen molar-refractivity contribution < 1.29 is 0 Å². The minimum Gasteiger partial charge on any atom is -0.0991 e. The van der Waals surface area contributed by atoms with Gasteiger partial charge in [-0.3, -0.25) is 0 Å². The Morgan fingerprint density at radius 3 is 2.14 bits per heavy atom. The highest BCUT2D eigenvalue weighted by Gasteiger charge is 2.00. The van der Waals surface area contributed by atoms with E-state index in [1.165, 1.54) is 16.7 Å². The Labute approximate surface area is 88.0 Å². The highest BCUT2D eigenvalue weighted by atomic mass is 14.1. The second kappa shape index (κ2) is 6.20. The molecule has 0 aliphatic carbocycles. The van der Waals surface area contributed by atoms with Crippen molar-refractivity contribution in [2.24, 2.45) is 0 Å². The zero-order chi connectivity index (χ0) is 11.1. The zero-order valence-corrected chi connectivity index (χ0v) is 9.72. The number of rotatable bonds is 4. The van der Waals surface area contributed by atoms with E-state index in [0.717, 1.165) is 5.57 Å². The second-order valence-electron chi connectivity index (χ2n) is 3.37. The van der Waals surface area contributed by atoms with Crippen LogP contribution in [-0.2, 0) is 0 Å². The molecule has 0 heteroatoms. The van der Waals surface area contributed by atoms with Gasteiger partial charge in [0.2, 0.25) is 0 Å². The average molecular weight is 188 g/mol. The van der Waals surface area contributed by atoms with Crippen LogP contribution in [0.3, 0.4) is 0 Å². The smallest absolute Gasteiger partial charge is 0.0267 e. The van der Waals surface area contributed by atoms with Crippen molar-refractivity contribution in [3.8, 4) is 0 Å². The topological polar surface area (TPSA) is 0 Å². The molecule has 0 radical (unpaired) electrons. The van der Waals surface area contributed by atoms with Gasteiger partial charge in [0.15, 0.2) is 0 Å². The van der Waals surface area contributed by atoms with Gasteiger partial charge in [0.05, 0.1) is 0 Å². The normalized spacial score (nSPS) is 14.1. The van der Waals surface area contributed by atoms with Crippen LogP contribution in [0.4, 0.5) is 0 Å². The summed E-state index contributed by atoms with van der Waals surface area (Å²) in [5.41, 5.74) is 4.75. The van der Waals surface area contributed by atoms with E-state index in [-0.39, 0.29) is 0 Å². The van der Waals surface area contributed by atoms with Crippen LogP contribution in [0.5, 0.6) is 0 Å². The van der Waals surface area contributed by atoms with Crippen molar-refractivity contribution in [1.82, 2.24) is 0 Å². The van der Waals surface area contributed by atoms with Crippen LogP contribution in [0.1, 0.15) is 27.7 Å². The van der Waals surface area contributed by atoms with E-state index >= 15 is 0 Å². The SMILES string of the molecule is C=CC=C(C)C(=C)C(C)=C(C)C=CC. The molecule has 0 bridgehead atoms. The molecule has 0 aromatic carbocycles. The van der Waals surface area contributed by atoms with E-state index in [1.807, 2.05) is 19.1 Å². The lowest BCUT2D eigenvalue weighted by Gasteiger charge is -2.08. The molecule has 0 amide bonds. The van der Waals surface area contributed by atoms with Crippen LogP contribution >= 0.6 is 0 Å². The highest BCUT2D eigenvalue weighted by Crippen LogP contribution is 2.20. The summed E-state index contributed by atoms with van der Waals surface area (Å²) in [6.07, 6.45) is 7.91. The summed E-state index contributed by atoms with van der Waals surface area (Å²) in [5.74, 6) is 0. The van der Waals surface area contributed by atoms with Crippen molar-refractivity contribution >= 4 is 0 Å². The molecule has 0 aromatic heterocycles. The predicted molar refractivity (Wildman–Crippen MR) is 66.3 cm³/mol. The third-order valence-corrected chi connectivity index (χ3v) is 2.30. The molecule has 0 aliphatic heterocycles. The molecule has 0 fully saturated rings. The summed E-state index contributed by atoms with van der Waals surface area (Å²) in [6.45, 7) is 16.0. The fourth-order valence-corrected chi connectivity index (χ4v) is 1.19. The van der Waals surface area contributed by atoms with Gasteiger partial charge in [0.25, 0.3) is 0 Å². The number of hydrogen-bond donors (Lipinski definition) is 0. The predicted octanol–water partition coefficient (Wildman–Crippen LogP) is 4.59. The van der Waals surface area contributed by atoms with Gasteiger partial charge in [-0.25, -0.2) is 0 Å². The van der Waals surface area contributed by atoms with E-state index in [2.05, 4.69) is 40.0 Å². The van der Waals surface area contributed by atoms with E-state index in [1.54, 1.807) is 6.08 Å². The number of hydrogen-bond acceptors (Lipinski definition) is 0. The first-order valence-corrected chi connectivity index (χ1v) is 4.83. The molecule has 0 spiro atoms. The van der Waals surface area contributed by atoms with Crippen molar-refractivity contribution in [3.63, 3.8) is 0 Å². The van der Waals surface area contributed by atoms with Crippen LogP contribution in [0.15, 0.2) is 59.8 Å². The van der Waals surface area contributed by atoms with Crippen LogP contribution in [0.25, 0.3) is 0 Å². The summed E-state index contributed by atoms with van der Waals surface area (Å²) in [7, 11) is 0. The molecule has 14 heavy (non-hydrogen) atoms. The van der Waals surface area contributed by atoms with Gasteiger partial charge < -0.3 is 0 Å². The van der Waals surface area contributed by atoms with Crippen LogP contribution in [0, 0.1) is 0 Å². The highest BCUT2D eigenvalue weighted by molar-refractivity contribution is 5.47. The van der Waals surface area contributed by atoms with Gasteiger partial charge in [-0.2, -0.15) is 0 Å². The summed E-state index contributed by atoms with van der Waals surface area (Å²) >= 11 is 0. The Kier molecular flexibility index (Phi) is 5.62. The molecule has 0 heterocycles. The summed E-state index contributed by atoms with van der Waals surface area (Å²) in [4.78, 5) is 0. The first kappa shape index (κ1) is 12.7. The Bertz CT molecular complexity index is 309. The minimum atomic E-state index is 1.08. The lowest BCUT2D eigenvalue weighted by atomic mass is 9.97. The molecule has 0 unspecified atom stereocenters. The molecule has 0 saturated heterocycles. The first-order chi connectivity index (χ1) is 6.54. The van der Waals surface area contributed by atoms with Gasteiger partial charge in [-0.1, -0.05) is 37.5 Å². The zero-order valence-electron chi connectivity index (χ0n) is 9.72. The van der Waals surface area contributed by atoms with Crippen molar-refractivity contribution in [1.29, 1.82) is 0 Å². The lowest BCUT2D eigenvalue weighted by Crippen LogP contribution is -1.88. The van der Waals surface area contributed by atoms with Crippen molar-refractivity contribution in [2.75, 3.05) is 0 Å². The lowest BCUT2D eigenvalue weighted by molar-refractivity contribution is 1.27. The molecule has 0 rings (SSSR count). The van der Waals surface area contributed by atoms with Gasteiger partial charge in [-0.05, 0) is 50.0 Å². The molecule has 76 valence electrons. The van der Waals surface area contributed by atoms with E-state index in [0.29, 0.717) is 0 Å². The monoisotopic (exact) mass is 188 g/mol. The molecule has 0 saturated carbocycles. The molecule has 0 atom stereocenters. The Morgan fingerprint density at radius 2 is 1.71 bits per heavy atom. The molecular formula is C14H20. The van der Waals surface area contributed by atoms with Crippen LogP contribution < -0.4 is 0 Å². The first-order valence-electron chi connectivity index (χ1n) is 4.83. The molecule has 0 aliphatic rings. The average Bonchev–Trinajstić information content (AvgIpc) is 2.16. The quantitative estimate of drug-likeness (QED) is 0.566. The molecule has 0 aromatic rings. The third-order valence-electron chi connectivity index (χ3n) is 2.30. The summed E-state index contributed by atoms with van der Waals surface area (Å²) in [5, 5.41) is 0. The van der Waals surface area contributed by atoms with E-state index < -0.39 is 0 Å². The maximum absolute atomic E-state index is 4.07. The van der Waals surface area contributed by atoms with E-state index in [4.69, 9.17) is 0 Å². The van der Waals surface area contributed by atoms with Crippen molar-refractivity contribution in [2.45, 2.75) is 27.7 Å². The maximum atomic E-state index is 4.07. The van der Waals surface area contributed by atoms with Crippen molar-refractivity contribution in [3.05, 3.63) is 59.8 Å². The largest absolute Gasteiger partial charge is 0.0991 e. The van der Waals surface area contributed by atoms with Gasteiger partial charge in [0.1, 0.15) is 0 Å². The van der Waals surface area contributed by atoms with Crippen LogP contribution in [0.2, 0.25) is 0 Å². The molecular weight excluding hydrogens is 168 g/mol. The summed E-state index contributed by atoms with van der Waals surface area (Å²) < 4.78 is 0. The fraction of sp³-hybridized carbons (Fsp3) is 0.286. The van der Waals surface area contributed by atoms with Gasteiger partial charge in [0, 0.05) is 0 Å². The maximum Gasteiger partial charge on any atom is -0.0267 e. The Morgan fingerprint density at radius 1 is 1.14 bits per heavy atom. The third kappa shape index (κ3) is 3.61. The minimum absolute atomic E-state index is 1.08. The van der Waals surface area contributed by atoms with Gasteiger partial charge >= 0.3 is 0 Å². The Hall–Kier alpha value is -1.30. The Balaban J connectivity index is 4.96. The standard InChI is InChI=1S/C14H20/c1-7-9-11(3)13(5)14(6)12(4)10-8-2/h7-10H,1,5H2,2-4,6H3. The summed E-state index contributed by atoms with van der Waals surface area (Å²) in [6, 6.07) is 0.